The number of hydrogen-bond donors (Lipinski definition) is 2. The summed E-state index contributed by atoms with van der Waals surface area (Å²) in [5.41, 5.74) is 2.22. The van der Waals surface area contributed by atoms with Crippen LogP contribution in [0.4, 0.5) is 28.8 Å². The largest absolute Gasteiger partial charge is 0.351 e. The average molecular weight is 485 g/mol. The number of fused-ring (bicyclic) bond motifs is 1. The lowest BCUT2D eigenvalue weighted by Gasteiger charge is -2.34. The first-order valence-electron chi connectivity index (χ1n) is 12.5. The Hall–Kier alpha value is -3.94. The molecule has 3 aromatic rings. The number of anilines is 5. The summed E-state index contributed by atoms with van der Waals surface area (Å²) < 4.78 is 0. The molecule has 186 valence electrons. The van der Waals surface area contributed by atoms with E-state index in [1.54, 1.807) is 30.3 Å². The highest BCUT2D eigenvalue weighted by Crippen LogP contribution is 2.40. The van der Waals surface area contributed by atoms with E-state index in [1.165, 1.54) is 12.8 Å². The first kappa shape index (κ1) is 23.8. The number of carbonyl (C=O) groups is 2. The molecule has 0 atom stereocenters. The summed E-state index contributed by atoms with van der Waals surface area (Å²) in [5.74, 6) is 1.13. The van der Waals surface area contributed by atoms with Gasteiger partial charge in [0, 0.05) is 36.6 Å². The number of benzene rings is 2. The molecule has 0 radical (unpaired) electrons. The van der Waals surface area contributed by atoms with Crippen LogP contribution in [0.1, 0.15) is 49.9 Å². The van der Waals surface area contributed by atoms with Crippen molar-refractivity contribution in [2.24, 2.45) is 5.41 Å². The van der Waals surface area contributed by atoms with Crippen LogP contribution < -0.4 is 20.4 Å². The molecule has 1 aromatic heterocycles. The maximum Gasteiger partial charge on any atom is 0.255 e. The first-order valence-corrected chi connectivity index (χ1v) is 12.5. The Bertz CT molecular complexity index is 1270. The molecule has 0 saturated heterocycles. The Morgan fingerprint density at radius 2 is 1.75 bits per heavy atom. The second kappa shape index (κ2) is 9.60. The Morgan fingerprint density at radius 3 is 2.50 bits per heavy atom. The Labute approximate surface area is 211 Å². The van der Waals surface area contributed by atoms with Crippen LogP contribution in [0.3, 0.4) is 0 Å². The maximum absolute atomic E-state index is 13.2. The molecule has 1 aliphatic carbocycles. The van der Waals surface area contributed by atoms with Crippen LogP contribution >= 0.6 is 0 Å². The molecule has 0 spiro atoms. The van der Waals surface area contributed by atoms with Gasteiger partial charge in [-0.25, -0.2) is 4.98 Å². The lowest BCUT2D eigenvalue weighted by Crippen LogP contribution is -2.45. The molecule has 2 aliphatic rings. The topological polar surface area (TPSA) is 90.5 Å². The van der Waals surface area contributed by atoms with Gasteiger partial charge in [0.25, 0.3) is 5.91 Å². The summed E-state index contributed by atoms with van der Waals surface area (Å²) in [7, 11) is 1.80. The summed E-state index contributed by atoms with van der Waals surface area (Å²) in [6.45, 7) is 4.62. The summed E-state index contributed by atoms with van der Waals surface area (Å²) in [5, 5.41) is 6.22. The van der Waals surface area contributed by atoms with Crippen LogP contribution in [0.25, 0.3) is 0 Å². The van der Waals surface area contributed by atoms with Crippen LogP contribution in [0.15, 0.2) is 60.8 Å². The zero-order valence-corrected chi connectivity index (χ0v) is 21.0. The molecule has 8 nitrogen and oxygen atoms in total. The standard InChI is InChI=1S/C28H32N6O2/c1-28(2)18-34(22-14-7-8-15-22)24-23(33(3)26(28)36)17-29-27(32-24)31-21-13-9-12-20(16-21)30-25(35)19-10-5-4-6-11-19/h4-6,9-13,16-17,22H,7-8,14-15,18H2,1-3H3,(H,30,35)(H,29,31,32). The van der Waals surface area contributed by atoms with Gasteiger partial charge in [-0.05, 0) is 57.0 Å². The average Bonchev–Trinajstić information content (AvgIpc) is 3.40. The van der Waals surface area contributed by atoms with Gasteiger partial charge in [-0.3, -0.25) is 9.59 Å². The van der Waals surface area contributed by atoms with Gasteiger partial charge in [0.15, 0.2) is 5.82 Å². The second-order valence-electron chi connectivity index (χ2n) is 10.2. The number of nitrogens with one attached hydrogen (secondary N) is 2. The van der Waals surface area contributed by atoms with Crippen molar-refractivity contribution in [3.05, 3.63) is 66.4 Å². The van der Waals surface area contributed by atoms with Gasteiger partial charge in [0.2, 0.25) is 11.9 Å². The number of nitrogens with zero attached hydrogens (tertiary/aromatic N) is 4. The first-order chi connectivity index (χ1) is 17.3. The second-order valence-corrected chi connectivity index (χ2v) is 10.2. The van der Waals surface area contributed by atoms with Gasteiger partial charge >= 0.3 is 0 Å². The number of aromatic nitrogens is 2. The SMILES string of the molecule is CN1C(=O)C(C)(C)CN(C2CCCC2)c2nc(Nc3cccc(NC(=O)c4ccccc4)c3)ncc21. The van der Waals surface area contributed by atoms with E-state index >= 15 is 0 Å². The normalized spacial score (nSPS) is 17.5. The smallest absolute Gasteiger partial charge is 0.255 e. The summed E-state index contributed by atoms with van der Waals surface area (Å²) in [6, 6.07) is 16.9. The molecular formula is C28H32N6O2. The van der Waals surface area contributed by atoms with Gasteiger partial charge in [-0.1, -0.05) is 37.1 Å². The molecule has 2 N–H and O–H groups in total. The molecule has 2 amide bonds. The summed E-state index contributed by atoms with van der Waals surface area (Å²) in [4.78, 5) is 39.2. The van der Waals surface area contributed by atoms with Crippen LogP contribution in [0.5, 0.6) is 0 Å². The van der Waals surface area contributed by atoms with Gasteiger partial charge in [-0.15, -0.1) is 0 Å². The molecule has 2 aromatic carbocycles. The van der Waals surface area contributed by atoms with Gasteiger partial charge in [0.1, 0.15) is 5.69 Å². The minimum Gasteiger partial charge on any atom is -0.351 e. The van der Waals surface area contributed by atoms with Crippen molar-refractivity contribution in [2.45, 2.75) is 45.6 Å². The lowest BCUT2D eigenvalue weighted by molar-refractivity contribution is -0.125. The summed E-state index contributed by atoms with van der Waals surface area (Å²) >= 11 is 0. The minimum absolute atomic E-state index is 0.0652. The molecule has 5 rings (SSSR count). The molecule has 1 fully saturated rings. The van der Waals surface area contributed by atoms with Crippen molar-refractivity contribution >= 4 is 40.6 Å². The number of carbonyl (C=O) groups excluding carboxylic acids is 2. The van der Waals surface area contributed by atoms with Crippen molar-refractivity contribution in [2.75, 3.05) is 34.0 Å². The highest BCUT2D eigenvalue weighted by molar-refractivity contribution is 6.04. The molecule has 0 unspecified atom stereocenters. The van der Waals surface area contributed by atoms with Gasteiger partial charge in [-0.2, -0.15) is 4.98 Å². The van der Waals surface area contributed by atoms with Crippen molar-refractivity contribution in [3.8, 4) is 0 Å². The molecule has 1 aliphatic heterocycles. The molecular weight excluding hydrogens is 452 g/mol. The fraction of sp³-hybridized carbons (Fsp3) is 0.357. The Morgan fingerprint density at radius 1 is 1.03 bits per heavy atom. The van der Waals surface area contributed by atoms with Crippen LogP contribution in [0, 0.1) is 5.41 Å². The Kier molecular flexibility index (Phi) is 6.35. The van der Waals surface area contributed by atoms with Crippen LogP contribution in [0.2, 0.25) is 0 Å². The van der Waals surface area contributed by atoms with Crippen molar-refractivity contribution in [1.29, 1.82) is 0 Å². The van der Waals surface area contributed by atoms with Crippen molar-refractivity contribution in [1.82, 2.24) is 9.97 Å². The molecule has 0 bridgehead atoms. The predicted molar refractivity (Wildman–Crippen MR) is 143 cm³/mol. The number of hydrogen-bond acceptors (Lipinski definition) is 6. The van der Waals surface area contributed by atoms with Crippen molar-refractivity contribution < 1.29 is 9.59 Å². The van der Waals surface area contributed by atoms with Crippen molar-refractivity contribution in [3.63, 3.8) is 0 Å². The third kappa shape index (κ3) is 4.76. The highest BCUT2D eigenvalue weighted by atomic mass is 16.2. The van der Waals surface area contributed by atoms with E-state index < -0.39 is 5.41 Å². The minimum atomic E-state index is -0.531. The Balaban J connectivity index is 1.42. The third-order valence-electron chi connectivity index (χ3n) is 7.01. The highest BCUT2D eigenvalue weighted by Gasteiger charge is 2.41. The maximum atomic E-state index is 13.2. The van der Waals surface area contributed by atoms with E-state index in [-0.39, 0.29) is 11.8 Å². The van der Waals surface area contributed by atoms with E-state index in [2.05, 4.69) is 20.5 Å². The summed E-state index contributed by atoms with van der Waals surface area (Å²) in [6.07, 6.45) is 6.32. The third-order valence-corrected chi connectivity index (χ3v) is 7.01. The zero-order valence-electron chi connectivity index (χ0n) is 21.0. The van der Waals surface area contributed by atoms with E-state index in [4.69, 9.17) is 4.98 Å². The van der Waals surface area contributed by atoms with E-state index in [0.717, 1.165) is 30.0 Å². The van der Waals surface area contributed by atoms with E-state index in [9.17, 15) is 9.59 Å². The van der Waals surface area contributed by atoms with E-state index in [1.807, 2.05) is 56.3 Å². The molecule has 2 heterocycles. The van der Waals surface area contributed by atoms with Gasteiger partial charge in [0.05, 0.1) is 11.6 Å². The van der Waals surface area contributed by atoms with Crippen LogP contribution in [-0.4, -0.2) is 41.4 Å². The number of rotatable bonds is 5. The molecule has 36 heavy (non-hydrogen) atoms. The van der Waals surface area contributed by atoms with Gasteiger partial charge < -0.3 is 20.4 Å². The fourth-order valence-corrected chi connectivity index (χ4v) is 5.12. The zero-order chi connectivity index (χ0) is 25.3. The predicted octanol–water partition coefficient (Wildman–Crippen LogP) is 5.22. The molecule has 8 heteroatoms. The van der Waals surface area contributed by atoms with E-state index in [0.29, 0.717) is 29.8 Å². The van der Waals surface area contributed by atoms with Crippen LogP contribution in [-0.2, 0) is 4.79 Å². The quantitative estimate of drug-likeness (QED) is 0.516. The fourth-order valence-electron chi connectivity index (χ4n) is 5.12. The monoisotopic (exact) mass is 484 g/mol. The lowest BCUT2D eigenvalue weighted by atomic mass is 9.91. The number of amides is 2. The molecule has 1 saturated carbocycles.